The van der Waals surface area contributed by atoms with Crippen LogP contribution in [0.15, 0.2) is 0 Å². The summed E-state index contributed by atoms with van der Waals surface area (Å²) in [6.45, 7) is 2.40. The van der Waals surface area contributed by atoms with E-state index in [9.17, 15) is 8.42 Å². The summed E-state index contributed by atoms with van der Waals surface area (Å²) in [5, 5.41) is 3.49. The summed E-state index contributed by atoms with van der Waals surface area (Å²) < 4.78 is 24.3. The minimum Gasteiger partial charge on any atom is -0.310 e. The van der Waals surface area contributed by atoms with Crippen LogP contribution in [0.4, 0.5) is 0 Å². The van der Waals surface area contributed by atoms with Crippen LogP contribution in [0.2, 0.25) is 0 Å². The van der Waals surface area contributed by atoms with Gasteiger partial charge in [0, 0.05) is 18.6 Å². The lowest BCUT2D eigenvalue weighted by Crippen LogP contribution is -2.50. The molecule has 1 unspecified atom stereocenters. The van der Waals surface area contributed by atoms with Crippen molar-refractivity contribution in [3.63, 3.8) is 0 Å². The normalized spacial score (nSPS) is 35.2. The minimum atomic E-state index is -2.98. The van der Waals surface area contributed by atoms with Gasteiger partial charge in [-0.05, 0) is 25.8 Å². The predicted octanol–water partition coefficient (Wildman–Crippen LogP) is 0.164. The van der Waals surface area contributed by atoms with E-state index in [-0.39, 0.29) is 5.54 Å². The highest BCUT2D eigenvalue weighted by molar-refractivity contribution is 7.88. The Labute approximate surface area is 85.7 Å². The van der Waals surface area contributed by atoms with Crippen molar-refractivity contribution in [3.8, 4) is 0 Å². The molecule has 0 aromatic carbocycles. The zero-order valence-corrected chi connectivity index (χ0v) is 9.44. The summed E-state index contributed by atoms with van der Waals surface area (Å²) >= 11 is 0. The maximum absolute atomic E-state index is 11.4. The monoisotopic (exact) mass is 218 g/mol. The van der Waals surface area contributed by atoms with Gasteiger partial charge in [0.2, 0.25) is 10.0 Å². The molecule has 1 atom stereocenters. The lowest BCUT2D eigenvalue weighted by molar-refractivity contribution is 0.266. The van der Waals surface area contributed by atoms with Crippen molar-refractivity contribution in [2.75, 3.05) is 25.9 Å². The van der Waals surface area contributed by atoms with Gasteiger partial charge in [-0.2, -0.15) is 0 Å². The van der Waals surface area contributed by atoms with Gasteiger partial charge >= 0.3 is 0 Å². The lowest BCUT2D eigenvalue weighted by Gasteiger charge is -2.34. The second-order valence-electron chi connectivity index (χ2n) is 4.51. The minimum absolute atomic E-state index is 0.0985. The smallest absolute Gasteiger partial charge is 0.211 e. The fraction of sp³-hybridized carbons (Fsp3) is 1.00. The summed E-state index contributed by atoms with van der Waals surface area (Å²) in [4.78, 5) is 0. The van der Waals surface area contributed by atoms with E-state index >= 15 is 0 Å². The molecule has 0 saturated carbocycles. The summed E-state index contributed by atoms with van der Waals surface area (Å²) in [5.41, 5.74) is 0.0985. The zero-order valence-electron chi connectivity index (χ0n) is 8.62. The molecule has 2 fully saturated rings. The van der Waals surface area contributed by atoms with Crippen LogP contribution in [0.1, 0.15) is 25.7 Å². The molecule has 4 nitrogen and oxygen atoms in total. The van der Waals surface area contributed by atoms with Crippen LogP contribution in [0, 0.1) is 0 Å². The van der Waals surface area contributed by atoms with Crippen molar-refractivity contribution < 1.29 is 8.42 Å². The first-order chi connectivity index (χ1) is 6.52. The lowest BCUT2D eigenvalue weighted by atomic mass is 9.88. The van der Waals surface area contributed by atoms with Crippen LogP contribution in [0.3, 0.4) is 0 Å². The number of piperidine rings is 1. The Kier molecular flexibility index (Phi) is 2.57. The van der Waals surface area contributed by atoms with Gasteiger partial charge in [-0.3, -0.25) is 0 Å². The molecule has 1 N–H and O–H groups in total. The number of nitrogens with zero attached hydrogens (tertiary/aromatic N) is 1. The fourth-order valence-electron chi connectivity index (χ4n) is 2.50. The van der Waals surface area contributed by atoms with E-state index in [1.165, 1.54) is 19.1 Å². The molecule has 2 rings (SSSR count). The van der Waals surface area contributed by atoms with Gasteiger partial charge in [-0.1, -0.05) is 6.42 Å². The van der Waals surface area contributed by atoms with Crippen molar-refractivity contribution in [1.29, 1.82) is 0 Å². The van der Waals surface area contributed by atoms with Gasteiger partial charge in [0.1, 0.15) is 0 Å². The largest absolute Gasteiger partial charge is 0.310 e. The topological polar surface area (TPSA) is 49.4 Å². The highest BCUT2D eigenvalue weighted by atomic mass is 32.2. The van der Waals surface area contributed by atoms with Crippen molar-refractivity contribution in [2.45, 2.75) is 31.2 Å². The molecule has 0 aromatic rings. The molecule has 14 heavy (non-hydrogen) atoms. The van der Waals surface area contributed by atoms with E-state index in [0.29, 0.717) is 13.1 Å². The Morgan fingerprint density at radius 1 is 1.29 bits per heavy atom. The van der Waals surface area contributed by atoms with Crippen LogP contribution in [-0.4, -0.2) is 44.2 Å². The maximum atomic E-state index is 11.4. The van der Waals surface area contributed by atoms with E-state index in [2.05, 4.69) is 5.32 Å². The van der Waals surface area contributed by atoms with Gasteiger partial charge in [0.25, 0.3) is 0 Å². The highest BCUT2D eigenvalue weighted by Gasteiger charge is 2.41. The van der Waals surface area contributed by atoms with Crippen molar-refractivity contribution in [3.05, 3.63) is 0 Å². The first kappa shape index (κ1) is 10.4. The van der Waals surface area contributed by atoms with Gasteiger partial charge in [-0.15, -0.1) is 0 Å². The average Bonchev–Trinajstić information content (AvgIpc) is 2.50. The molecule has 2 aliphatic heterocycles. The molecule has 0 aliphatic carbocycles. The quantitative estimate of drug-likeness (QED) is 0.682. The first-order valence-electron chi connectivity index (χ1n) is 5.22. The van der Waals surface area contributed by atoms with Gasteiger partial charge < -0.3 is 5.32 Å². The van der Waals surface area contributed by atoms with Crippen LogP contribution in [0.5, 0.6) is 0 Å². The molecule has 0 amide bonds. The Hall–Kier alpha value is -0.130. The number of rotatable bonds is 1. The summed E-state index contributed by atoms with van der Waals surface area (Å²) in [6.07, 6.45) is 5.85. The summed E-state index contributed by atoms with van der Waals surface area (Å²) in [6, 6.07) is 0. The Bertz CT molecular complexity index is 307. The summed E-state index contributed by atoms with van der Waals surface area (Å²) in [5.74, 6) is 0. The third kappa shape index (κ3) is 1.94. The Morgan fingerprint density at radius 3 is 2.57 bits per heavy atom. The molecule has 0 aromatic heterocycles. The van der Waals surface area contributed by atoms with Crippen LogP contribution in [0.25, 0.3) is 0 Å². The second kappa shape index (κ2) is 3.47. The molecule has 5 heteroatoms. The van der Waals surface area contributed by atoms with E-state index in [0.717, 1.165) is 19.4 Å². The molecule has 82 valence electrons. The van der Waals surface area contributed by atoms with Crippen LogP contribution in [-0.2, 0) is 10.0 Å². The van der Waals surface area contributed by atoms with E-state index < -0.39 is 10.0 Å². The average molecular weight is 218 g/mol. The molecular formula is C9H18N2O2S. The SMILES string of the molecule is CS(=O)(=O)N1CCC2(CCCCN2)C1. The van der Waals surface area contributed by atoms with Gasteiger partial charge in [-0.25, -0.2) is 12.7 Å². The van der Waals surface area contributed by atoms with Crippen molar-refractivity contribution in [2.24, 2.45) is 0 Å². The number of sulfonamides is 1. The predicted molar refractivity (Wildman–Crippen MR) is 55.6 cm³/mol. The first-order valence-corrected chi connectivity index (χ1v) is 7.07. The van der Waals surface area contributed by atoms with Gasteiger partial charge in [0.05, 0.1) is 6.26 Å². The molecule has 2 saturated heterocycles. The van der Waals surface area contributed by atoms with E-state index in [4.69, 9.17) is 0 Å². The molecule has 0 radical (unpaired) electrons. The molecule has 2 aliphatic rings. The Morgan fingerprint density at radius 2 is 2.07 bits per heavy atom. The third-order valence-electron chi connectivity index (χ3n) is 3.37. The second-order valence-corrected chi connectivity index (χ2v) is 6.49. The van der Waals surface area contributed by atoms with Crippen LogP contribution >= 0.6 is 0 Å². The number of nitrogens with one attached hydrogen (secondary N) is 1. The molecule has 1 spiro atoms. The Balaban J connectivity index is 2.06. The third-order valence-corrected chi connectivity index (χ3v) is 4.62. The molecule has 0 bridgehead atoms. The molecular weight excluding hydrogens is 200 g/mol. The highest BCUT2D eigenvalue weighted by Crippen LogP contribution is 2.30. The van der Waals surface area contributed by atoms with Crippen LogP contribution < -0.4 is 5.32 Å². The van der Waals surface area contributed by atoms with Crippen molar-refractivity contribution in [1.82, 2.24) is 9.62 Å². The standard InChI is InChI=1S/C9H18N2O2S/c1-14(12,13)11-7-5-9(8-11)4-2-3-6-10-9/h10H,2-8H2,1H3. The van der Waals surface area contributed by atoms with Crippen molar-refractivity contribution >= 4 is 10.0 Å². The fourth-order valence-corrected chi connectivity index (χ4v) is 3.40. The van der Waals surface area contributed by atoms with E-state index in [1.54, 1.807) is 4.31 Å². The molecule has 2 heterocycles. The summed E-state index contributed by atoms with van der Waals surface area (Å²) in [7, 11) is -2.98. The van der Waals surface area contributed by atoms with Gasteiger partial charge in [0.15, 0.2) is 0 Å². The number of hydrogen-bond donors (Lipinski definition) is 1. The number of hydrogen-bond acceptors (Lipinski definition) is 3. The van der Waals surface area contributed by atoms with E-state index in [1.807, 2.05) is 0 Å². The zero-order chi connectivity index (χ0) is 10.2. The maximum Gasteiger partial charge on any atom is 0.211 e.